The van der Waals surface area contributed by atoms with Crippen molar-refractivity contribution in [2.45, 2.75) is 43.8 Å². The van der Waals surface area contributed by atoms with Gasteiger partial charge in [-0.05, 0) is 43.9 Å². The predicted octanol–water partition coefficient (Wildman–Crippen LogP) is 2.24. The topological polar surface area (TPSA) is 77.2 Å². The van der Waals surface area contributed by atoms with Gasteiger partial charge in [-0.25, -0.2) is 17.9 Å². The molecule has 11 heteroatoms. The zero-order valence-corrected chi connectivity index (χ0v) is 16.5. The summed E-state index contributed by atoms with van der Waals surface area (Å²) < 4.78 is 67.4. The summed E-state index contributed by atoms with van der Waals surface area (Å²) >= 11 is 0. The highest BCUT2D eigenvalue weighted by Crippen LogP contribution is 2.30. The van der Waals surface area contributed by atoms with Crippen molar-refractivity contribution in [1.29, 1.82) is 0 Å². The van der Waals surface area contributed by atoms with Gasteiger partial charge in [0.25, 0.3) is 0 Å². The van der Waals surface area contributed by atoms with Crippen LogP contribution in [0.4, 0.5) is 13.2 Å². The summed E-state index contributed by atoms with van der Waals surface area (Å²) in [7, 11) is -2.69. The molecule has 0 saturated carbocycles. The minimum Gasteiger partial charge on any atom is -0.274 e. The molecule has 1 aromatic carbocycles. The molecule has 154 valence electrons. The summed E-state index contributed by atoms with van der Waals surface area (Å²) in [4.78, 5) is 12.4. The van der Waals surface area contributed by atoms with E-state index in [4.69, 9.17) is 0 Å². The van der Waals surface area contributed by atoms with Gasteiger partial charge in [0.15, 0.2) is 0 Å². The molecule has 0 N–H and O–H groups in total. The Labute approximate surface area is 160 Å². The number of hydrogen-bond acceptors (Lipinski definition) is 4. The molecule has 3 rings (SSSR count). The van der Waals surface area contributed by atoms with Gasteiger partial charge in [0.2, 0.25) is 15.8 Å². The summed E-state index contributed by atoms with van der Waals surface area (Å²) in [6, 6.07) is 4.59. The first kappa shape index (κ1) is 20.6. The summed E-state index contributed by atoms with van der Waals surface area (Å²) in [6.45, 7) is 3.72. The van der Waals surface area contributed by atoms with E-state index in [0.717, 1.165) is 17.3 Å². The van der Waals surface area contributed by atoms with Gasteiger partial charge in [-0.15, -0.1) is 5.10 Å². The number of aromatic nitrogens is 3. The van der Waals surface area contributed by atoms with Crippen LogP contribution in [0.3, 0.4) is 0 Å². The van der Waals surface area contributed by atoms with E-state index >= 15 is 0 Å². The van der Waals surface area contributed by atoms with Gasteiger partial charge >= 0.3 is 11.9 Å². The number of sulfonamides is 1. The van der Waals surface area contributed by atoms with Crippen LogP contribution >= 0.6 is 0 Å². The highest BCUT2D eigenvalue weighted by atomic mass is 32.2. The Morgan fingerprint density at radius 2 is 1.75 bits per heavy atom. The van der Waals surface area contributed by atoms with Gasteiger partial charge < -0.3 is 0 Å². The molecule has 1 fully saturated rings. The second kappa shape index (κ2) is 7.03. The van der Waals surface area contributed by atoms with E-state index in [1.54, 1.807) is 26.0 Å². The quantitative estimate of drug-likeness (QED) is 0.766. The van der Waals surface area contributed by atoms with E-state index < -0.39 is 33.8 Å². The van der Waals surface area contributed by atoms with E-state index in [2.05, 4.69) is 5.10 Å². The molecule has 1 saturated heterocycles. The Balaban J connectivity index is 1.82. The molecular formula is C17H21F3N4O3S. The lowest BCUT2D eigenvalue weighted by molar-refractivity contribution is -0.147. The van der Waals surface area contributed by atoms with Gasteiger partial charge in [-0.3, -0.25) is 4.57 Å². The Morgan fingerprint density at radius 3 is 2.29 bits per heavy atom. The molecular weight excluding hydrogens is 397 g/mol. The number of alkyl halides is 3. The molecule has 0 bridgehead atoms. The third-order valence-corrected chi connectivity index (χ3v) is 7.03. The largest absolute Gasteiger partial charge is 0.451 e. The minimum absolute atomic E-state index is 0.102. The monoisotopic (exact) mass is 418 g/mol. The number of halogens is 3. The molecule has 0 aliphatic carbocycles. The maximum atomic E-state index is 13.0. The number of nitrogens with zero attached hydrogens (tertiary/aromatic N) is 4. The van der Waals surface area contributed by atoms with Gasteiger partial charge in [0.05, 0.1) is 10.9 Å². The average molecular weight is 418 g/mol. The maximum Gasteiger partial charge on any atom is 0.451 e. The summed E-state index contributed by atoms with van der Waals surface area (Å²) in [5, 5.41) is 3.45. The SMILES string of the molecule is Cc1ccc(C)c(S(=O)(=O)N2CCC(n3nc(C(F)(F)F)n(C)c3=O)CC2)c1. The number of benzene rings is 1. The predicted molar refractivity (Wildman–Crippen MR) is 95.4 cm³/mol. The molecule has 0 spiro atoms. The van der Waals surface area contributed by atoms with Crippen LogP contribution in [0, 0.1) is 13.8 Å². The molecule has 2 heterocycles. The van der Waals surface area contributed by atoms with Crippen LogP contribution < -0.4 is 5.69 Å². The fourth-order valence-corrected chi connectivity index (χ4v) is 5.17. The first-order valence-corrected chi connectivity index (χ1v) is 10.2. The summed E-state index contributed by atoms with van der Waals surface area (Å²) in [6.07, 6.45) is -4.32. The van der Waals surface area contributed by atoms with E-state index in [1.165, 1.54) is 4.31 Å². The van der Waals surface area contributed by atoms with Gasteiger partial charge in [0.1, 0.15) is 0 Å². The van der Waals surface area contributed by atoms with Crippen LogP contribution in [0.25, 0.3) is 0 Å². The Kier molecular flexibility index (Phi) is 5.17. The molecule has 1 aliphatic rings. The normalized spacial score (nSPS) is 17.2. The van der Waals surface area contributed by atoms with Crippen LogP contribution in [0.5, 0.6) is 0 Å². The van der Waals surface area contributed by atoms with E-state index in [0.29, 0.717) is 10.1 Å². The lowest BCUT2D eigenvalue weighted by atomic mass is 10.1. The van der Waals surface area contributed by atoms with Crippen molar-refractivity contribution in [1.82, 2.24) is 18.7 Å². The van der Waals surface area contributed by atoms with Crippen LogP contribution in [0.2, 0.25) is 0 Å². The molecule has 1 aliphatic heterocycles. The first-order chi connectivity index (χ1) is 12.9. The lowest BCUT2D eigenvalue weighted by Crippen LogP contribution is -2.41. The Bertz CT molecular complexity index is 1050. The zero-order chi connectivity index (χ0) is 20.9. The van der Waals surface area contributed by atoms with Crippen molar-refractivity contribution < 1.29 is 21.6 Å². The number of aryl methyl sites for hydroxylation is 2. The van der Waals surface area contributed by atoms with Crippen LogP contribution in [-0.2, 0) is 23.2 Å². The molecule has 1 aromatic heterocycles. The van der Waals surface area contributed by atoms with Crippen molar-refractivity contribution in [2.24, 2.45) is 7.05 Å². The molecule has 0 radical (unpaired) electrons. The zero-order valence-electron chi connectivity index (χ0n) is 15.7. The summed E-state index contributed by atoms with van der Waals surface area (Å²) in [5.74, 6) is -1.26. The third-order valence-electron chi connectivity index (χ3n) is 4.99. The average Bonchev–Trinajstić information content (AvgIpc) is 2.92. The third kappa shape index (κ3) is 3.60. The van der Waals surface area contributed by atoms with Gasteiger partial charge in [0, 0.05) is 20.1 Å². The van der Waals surface area contributed by atoms with E-state index in [-0.39, 0.29) is 30.8 Å². The van der Waals surface area contributed by atoms with E-state index in [1.807, 2.05) is 6.07 Å². The van der Waals surface area contributed by atoms with Crippen LogP contribution in [0.15, 0.2) is 27.9 Å². The van der Waals surface area contributed by atoms with Crippen molar-refractivity contribution in [3.63, 3.8) is 0 Å². The van der Waals surface area contributed by atoms with Crippen molar-refractivity contribution >= 4 is 10.0 Å². The Hall–Kier alpha value is -2.14. The van der Waals surface area contributed by atoms with Gasteiger partial charge in [-0.2, -0.15) is 17.5 Å². The standard InChI is InChI=1S/C17H21F3N4O3S/c1-11-4-5-12(2)14(10-11)28(26,27)23-8-6-13(7-9-23)24-16(25)22(3)15(21-24)17(18,19)20/h4-5,10,13H,6-9H2,1-3H3. The van der Waals surface area contributed by atoms with Crippen LogP contribution in [-0.4, -0.2) is 40.2 Å². The molecule has 28 heavy (non-hydrogen) atoms. The molecule has 2 aromatic rings. The van der Waals surface area contributed by atoms with Crippen LogP contribution in [0.1, 0.15) is 35.8 Å². The molecule has 0 atom stereocenters. The molecule has 7 nitrogen and oxygen atoms in total. The number of hydrogen-bond donors (Lipinski definition) is 0. The van der Waals surface area contributed by atoms with Gasteiger partial charge in [-0.1, -0.05) is 12.1 Å². The van der Waals surface area contributed by atoms with E-state index in [9.17, 15) is 26.4 Å². The fourth-order valence-electron chi connectivity index (χ4n) is 3.39. The fraction of sp³-hybridized carbons (Fsp3) is 0.529. The smallest absolute Gasteiger partial charge is 0.274 e. The second-order valence-electron chi connectivity index (χ2n) is 7.01. The maximum absolute atomic E-state index is 13.0. The minimum atomic E-state index is -4.73. The second-order valence-corrected chi connectivity index (χ2v) is 8.92. The Morgan fingerprint density at radius 1 is 1.14 bits per heavy atom. The number of rotatable bonds is 3. The highest BCUT2D eigenvalue weighted by Gasteiger charge is 2.39. The van der Waals surface area contributed by atoms with Crippen molar-refractivity contribution in [2.75, 3.05) is 13.1 Å². The van der Waals surface area contributed by atoms with Crippen molar-refractivity contribution in [3.8, 4) is 0 Å². The molecule has 0 amide bonds. The highest BCUT2D eigenvalue weighted by molar-refractivity contribution is 7.89. The lowest BCUT2D eigenvalue weighted by Gasteiger charge is -2.31. The summed E-state index contributed by atoms with van der Waals surface area (Å²) in [5.41, 5.74) is 0.588. The number of piperidine rings is 1. The first-order valence-electron chi connectivity index (χ1n) is 8.73. The molecule has 0 unspecified atom stereocenters. The van der Waals surface area contributed by atoms with Crippen molar-refractivity contribution in [3.05, 3.63) is 45.6 Å².